The lowest BCUT2D eigenvalue weighted by Crippen LogP contribution is -2.48. The molecular formula is C17H33NO2. The Morgan fingerprint density at radius 3 is 2.30 bits per heavy atom. The highest BCUT2D eigenvalue weighted by molar-refractivity contribution is 4.89. The van der Waals surface area contributed by atoms with Crippen molar-refractivity contribution < 1.29 is 10.2 Å². The van der Waals surface area contributed by atoms with E-state index in [1.807, 2.05) is 0 Å². The normalized spacial score (nSPS) is 32.4. The van der Waals surface area contributed by atoms with E-state index in [1.165, 1.54) is 19.3 Å². The molecule has 3 atom stereocenters. The van der Waals surface area contributed by atoms with Crippen LogP contribution < -0.4 is 0 Å². The van der Waals surface area contributed by atoms with Gasteiger partial charge in [-0.2, -0.15) is 0 Å². The summed E-state index contributed by atoms with van der Waals surface area (Å²) < 4.78 is 0. The zero-order valence-corrected chi connectivity index (χ0v) is 13.5. The standard InChI is InChI=1S/C17H33NO2/c1-17(2,3)14-7-8-16(20)13(11-14)12-18(9-10-19)15-5-4-6-15/h13-16,19-20H,4-12H2,1-3H3. The Hall–Kier alpha value is -0.120. The van der Waals surface area contributed by atoms with Crippen molar-refractivity contribution in [2.75, 3.05) is 19.7 Å². The van der Waals surface area contributed by atoms with Crippen molar-refractivity contribution in [1.29, 1.82) is 0 Å². The highest BCUT2D eigenvalue weighted by Crippen LogP contribution is 2.41. The Bertz CT molecular complexity index is 296. The summed E-state index contributed by atoms with van der Waals surface area (Å²) in [6.07, 6.45) is 6.96. The third-order valence-corrected chi connectivity index (χ3v) is 5.61. The molecule has 0 bridgehead atoms. The number of hydrogen-bond donors (Lipinski definition) is 2. The van der Waals surface area contributed by atoms with Gasteiger partial charge in [0.2, 0.25) is 0 Å². The molecule has 0 spiro atoms. The highest BCUT2D eigenvalue weighted by Gasteiger charge is 2.37. The molecule has 3 heteroatoms. The number of aliphatic hydroxyl groups excluding tert-OH is 2. The van der Waals surface area contributed by atoms with Gasteiger partial charge < -0.3 is 10.2 Å². The van der Waals surface area contributed by atoms with E-state index in [2.05, 4.69) is 25.7 Å². The first-order valence-electron chi connectivity index (χ1n) is 8.44. The van der Waals surface area contributed by atoms with E-state index in [9.17, 15) is 10.2 Å². The van der Waals surface area contributed by atoms with Crippen molar-refractivity contribution in [3.05, 3.63) is 0 Å². The second-order valence-corrected chi connectivity index (χ2v) is 8.01. The van der Waals surface area contributed by atoms with Crippen LogP contribution in [0.5, 0.6) is 0 Å². The summed E-state index contributed by atoms with van der Waals surface area (Å²) in [5.74, 6) is 1.10. The quantitative estimate of drug-likeness (QED) is 0.815. The van der Waals surface area contributed by atoms with Crippen molar-refractivity contribution in [1.82, 2.24) is 4.90 Å². The molecular weight excluding hydrogens is 250 g/mol. The number of nitrogens with zero attached hydrogens (tertiary/aromatic N) is 1. The topological polar surface area (TPSA) is 43.7 Å². The second kappa shape index (κ2) is 6.76. The second-order valence-electron chi connectivity index (χ2n) is 8.01. The Labute approximate surface area is 124 Å². The summed E-state index contributed by atoms with van der Waals surface area (Å²) in [4.78, 5) is 2.43. The van der Waals surface area contributed by atoms with Crippen LogP contribution in [0.15, 0.2) is 0 Å². The minimum Gasteiger partial charge on any atom is -0.395 e. The fourth-order valence-electron chi connectivity index (χ4n) is 3.84. The Morgan fingerprint density at radius 1 is 1.10 bits per heavy atom. The van der Waals surface area contributed by atoms with Crippen molar-refractivity contribution in [2.24, 2.45) is 17.3 Å². The van der Waals surface area contributed by atoms with Crippen LogP contribution in [-0.2, 0) is 0 Å². The molecule has 3 unspecified atom stereocenters. The molecule has 3 nitrogen and oxygen atoms in total. The van der Waals surface area contributed by atoms with Gasteiger partial charge in [0, 0.05) is 19.1 Å². The SMILES string of the molecule is CC(C)(C)C1CCC(O)C(CN(CCO)C2CCC2)C1. The fourth-order valence-corrected chi connectivity index (χ4v) is 3.84. The number of hydrogen-bond acceptors (Lipinski definition) is 3. The largest absolute Gasteiger partial charge is 0.395 e. The molecule has 0 saturated heterocycles. The third-order valence-electron chi connectivity index (χ3n) is 5.61. The van der Waals surface area contributed by atoms with Crippen molar-refractivity contribution in [3.8, 4) is 0 Å². The maximum Gasteiger partial charge on any atom is 0.0580 e. The third kappa shape index (κ3) is 3.96. The molecule has 2 aliphatic rings. The molecule has 2 aliphatic carbocycles. The van der Waals surface area contributed by atoms with Crippen LogP contribution in [0, 0.1) is 17.3 Å². The summed E-state index contributed by atoms with van der Waals surface area (Å²) in [7, 11) is 0. The summed E-state index contributed by atoms with van der Waals surface area (Å²) in [6, 6.07) is 0.657. The summed E-state index contributed by atoms with van der Waals surface area (Å²) in [6.45, 7) is 8.95. The molecule has 2 rings (SSSR count). The summed E-state index contributed by atoms with van der Waals surface area (Å²) >= 11 is 0. The van der Waals surface area contributed by atoms with E-state index in [1.54, 1.807) is 0 Å². The molecule has 118 valence electrons. The van der Waals surface area contributed by atoms with Gasteiger partial charge in [-0.15, -0.1) is 0 Å². The molecule has 2 saturated carbocycles. The zero-order chi connectivity index (χ0) is 14.8. The van der Waals surface area contributed by atoms with Gasteiger partial charge in [0.25, 0.3) is 0 Å². The van der Waals surface area contributed by atoms with Crippen LogP contribution in [0.4, 0.5) is 0 Å². The first-order chi connectivity index (χ1) is 9.41. The lowest BCUT2D eigenvalue weighted by molar-refractivity contribution is -0.0136. The monoisotopic (exact) mass is 283 g/mol. The smallest absolute Gasteiger partial charge is 0.0580 e. The van der Waals surface area contributed by atoms with Crippen LogP contribution in [0.25, 0.3) is 0 Å². The maximum atomic E-state index is 10.4. The molecule has 0 heterocycles. The maximum absolute atomic E-state index is 10.4. The van der Waals surface area contributed by atoms with Crippen LogP contribution in [0.1, 0.15) is 59.3 Å². The minimum atomic E-state index is -0.144. The Kier molecular flexibility index (Phi) is 5.49. The summed E-state index contributed by atoms with van der Waals surface area (Å²) in [5, 5.41) is 19.6. The highest BCUT2D eigenvalue weighted by atomic mass is 16.3. The van der Waals surface area contributed by atoms with E-state index in [0.29, 0.717) is 23.3 Å². The lowest BCUT2D eigenvalue weighted by atomic mass is 9.68. The van der Waals surface area contributed by atoms with Gasteiger partial charge in [0.15, 0.2) is 0 Å². The van der Waals surface area contributed by atoms with E-state index < -0.39 is 0 Å². The minimum absolute atomic E-state index is 0.144. The molecule has 0 aromatic heterocycles. The van der Waals surface area contributed by atoms with Gasteiger partial charge in [0.1, 0.15) is 0 Å². The predicted molar refractivity (Wildman–Crippen MR) is 82.6 cm³/mol. The van der Waals surface area contributed by atoms with Crippen molar-refractivity contribution >= 4 is 0 Å². The van der Waals surface area contributed by atoms with E-state index in [4.69, 9.17) is 0 Å². The molecule has 0 radical (unpaired) electrons. The molecule has 0 amide bonds. The van der Waals surface area contributed by atoms with Gasteiger partial charge in [-0.25, -0.2) is 0 Å². The van der Waals surface area contributed by atoms with Gasteiger partial charge in [0.05, 0.1) is 12.7 Å². The van der Waals surface area contributed by atoms with Gasteiger partial charge in [-0.05, 0) is 49.4 Å². The molecule has 0 aliphatic heterocycles. The van der Waals surface area contributed by atoms with Crippen LogP contribution in [0.3, 0.4) is 0 Å². The molecule has 2 N–H and O–H groups in total. The van der Waals surface area contributed by atoms with Gasteiger partial charge in [-0.1, -0.05) is 27.2 Å². The Balaban J connectivity index is 1.93. The number of aliphatic hydroxyl groups is 2. The summed E-state index contributed by atoms with van der Waals surface area (Å²) in [5.41, 5.74) is 0.344. The average Bonchev–Trinajstić information content (AvgIpc) is 2.28. The number of rotatable bonds is 5. The molecule has 0 aromatic rings. The van der Waals surface area contributed by atoms with Crippen molar-refractivity contribution in [3.63, 3.8) is 0 Å². The Morgan fingerprint density at radius 2 is 1.80 bits per heavy atom. The van der Waals surface area contributed by atoms with E-state index in [-0.39, 0.29) is 12.7 Å². The van der Waals surface area contributed by atoms with E-state index >= 15 is 0 Å². The van der Waals surface area contributed by atoms with Crippen molar-refractivity contribution in [2.45, 2.75) is 71.4 Å². The lowest BCUT2D eigenvalue weighted by Gasteiger charge is -2.44. The van der Waals surface area contributed by atoms with Crippen LogP contribution in [0.2, 0.25) is 0 Å². The molecule has 0 aromatic carbocycles. The molecule has 2 fully saturated rings. The first kappa shape index (κ1) is 16.3. The van der Waals surface area contributed by atoms with Crippen LogP contribution >= 0.6 is 0 Å². The predicted octanol–water partition coefficient (Wildman–Crippen LogP) is 2.66. The van der Waals surface area contributed by atoms with Gasteiger partial charge in [-0.3, -0.25) is 4.90 Å². The molecule has 20 heavy (non-hydrogen) atoms. The zero-order valence-electron chi connectivity index (χ0n) is 13.5. The van der Waals surface area contributed by atoms with E-state index in [0.717, 1.165) is 32.4 Å². The first-order valence-corrected chi connectivity index (χ1v) is 8.44. The fraction of sp³-hybridized carbons (Fsp3) is 1.00. The average molecular weight is 283 g/mol. The van der Waals surface area contributed by atoms with Crippen LogP contribution in [-0.4, -0.2) is 47.0 Å². The van der Waals surface area contributed by atoms with Gasteiger partial charge >= 0.3 is 0 Å².